The first kappa shape index (κ1) is 13.7. The van der Waals surface area contributed by atoms with Crippen molar-refractivity contribution in [2.24, 2.45) is 0 Å². The Hall–Kier alpha value is -1.36. The van der Waals surface area contributed by atoms with E-state index < -0.39 is 10.7 Å². The monoisotopic (exact) mass is 260 g/mol. The highest BCUT2D eigenvalue weighted by Gasteiger charge is 2.23. The van der Waals surface area contributed by atoms with Crippen LogP contribution in [0.25, 0.3) is 0 Å². The summed E-state index contributed by atoms with van der Waals surface area (Å²) in [5.74, 6) is -0.793. The van der Waals surface area contributed by atoms with Gasteiger partial charge in [0.25, 0.3) is 5.69 Å². The lowest BCUT2D eigenvalue weighted by atomic mass is 10.0. The van der Waals surface area contributed by atoms with Crippen LogP contribution >= 0.6 is 11.6 Å². The van der Waals surface area contributed by atoms with Crippen LogP contribution in [0.15, 0.2) is 12.1 Å². The maximum absolute atomic E-state index is 13.2. The van der Waals surface area contributed by atoms with Crippen molar-refractivity contribution in [3.8, 4) is 0 Å². The van der Waals surface area contributed by atoms with E-state index in [0.29, 0.717) is 0 Å². The number of hydrogen-bond acceptors (Lipinski definition) is 3. The number of anilines is 1. The van der Waals surface area contributed by atoms with Crippen LogP contribution in [0, 0.1) is 15.9 Å². The average Bonchev–Trinajstić information content (AvgIpc) is 2.22. The summed E-state index contributed by atoms with van der Waals surface area (Å²) in [6.45, 7) is 5.74. The van der Waals surface area contributed by atoms with Crippen molar-refractivity contribution < 1.29 is 9.31 Å². The molecule has 0 aliphatic heterocycles. The molecule has 0 amide bonds. The minimum Gasteiger partial charge on any atom is -0.375 e. The Morgan fingerprint density at radius 3 is 2.59 bits per heavy atom. The first-order valence-corrected chi connectivity index (χ1v) is 5.56. The molecule has 0 bridgehead atoms. The summed E-state index contributed by atoms with van der Waals surface area (Å²) in [5.41, 5.74) is -0.409. The molecule has 1 aromatic carbocycles. The van der Waals surface area contributed by atoms with Gasteiger partial charge in [-0.25, -0.2) is 4.39 Å². The molecule has 0 unspecified atom stereocenters. The predicted octanol–water partition coefficient (Wildman–Crippen LogP) is 3.99. The van der Waals surface area contributed by atoms with Crippen molar-refractivity contribution in [1.82, 2.24) is 0 Å². The minimum atomic E-state index is -0.793. The summed E-state index contributed by atoms with van der Waals surface area (Å²) in [7, 11) is 0. The van der Waals surface area contributed by atoms with Gasteiger partial charge in [-0.1, -0.05) is 18.5 Å². The van der Waals surface area contributed by atoms with Crippen LogP contribution in [0.1, 0.15) is 27.2 Å². The SMILES string of the molecule is CCC(C)(C)Nc1cc(Cl)c(F)cc1[N+](=O)[O-]. The molecule has 0 fully saturated rings. The Morgan fingerprint density at radius 2 is 2.12 bits per heavy atom. The smallest absolute Gasteiger partial charge is 0.295 e. The molecule has 1 aromatic rings. The van der Waals surface area contributed by atoms with E-state index in [4.69, 9.17) is 11.6 Å². The Labute approximate surface area is 104 Å². The van der Waals surface area contributed by atoms with E-state index in [2.05, 4.69) is 5.32 Å². The van der Waals surface area contributed by atoms with Gasteiger partial charge in [0.15, 0.2) is 0 Å². The third-order valence-electron chi connectivity index (χ3n) is 2.59. The zero-order valence-corrected chi connectivity index (χ0v) is 10.6. The lowest BCUT2D eigenvalue weighted by molar-refractivity contribution is -0.384. The molecule has 1 rings (SSSR count). The van der Waals surface area contributed by atoms with Gasteiger partial charge >= 0.3 is 0 Å². The molecular weight excluding hydrogens is 247 g/mol. The second-order valence-electron chi connectivity index (χ2n) is 4.40. The second kappa shape index (κ2) is 4.87. The zero-order chi connectivity index (χ0) is 13.2. The molecule has 0 aliphatic carbocycles. The number of nitro groups is 1. The van der Waals surface area contributed by atoms with Crippen molar-refractivity contribution in [2.45, 2.75) is 32.7 Å². The van der Waals surface area contributed by atoms with E-state index in [9.17, 15) is 14.5 Å². The Bertz CT molecular complexity index is 449. The largest absolute Gasteiger partial charge is 0.375 e. The molecule has 0 saturated heterocycles. The second-order valence-corrected chi connectivity index (χ2v) is 4.81. The molecule has 4 nitrogen and oxygen atoms in total. The molecule has 0 saturated carbocycles. The van der Waals surface area contributed by atoms with E-state index in [1.54, 1.807) is 0 Å². The predicted molar refractivity (Wildman–Crippen MR) is 66.1 cm³/mol. The van der Waals surface area contributed by atoms with Gasteiger partial charge < -0.3 is 5.32 Å². The number of nitro benzene ring substituents is 1. The fraction of sp³-hybridized carbons (Fsp3) is 0.455. The lowest BCUT2D eigenvalue weighted by Crippen LogP contribution is -2.30. The maximum atomic E-state index is 13.2. The Balaban J connectivity index is 3.22. The summed E-state index contributed by atoms with van der Waals surface area (Å²) in [4.78, 5) is 10.2. The molecule has 0 spiro atoms. The molecule has 0 heterocycles. The highest BCUT2D eigenvalue weighted by atomic mass is 35.5. The number of rotatable bonds is 4. The van der Waals surface area contributed by atoms with Gasteiger partial charge in [-0.05, 0) is 26.3 Å². The normalized spacial score (nSPS) is 11.4. The molecule has 0 aromatic heterocycles. The lowest BCUT2D eigenvalue weighted by Gasteiger charge is -2.25. The summed E-state index contributed by atoms with van der Waals surface area (Å²) < 4.78 is 13.2. The Morgan fingerprint density at radius 1 is 1.53 bits per heavy atom. The summed E-state index contributed by atoms with van der Waals surface area (Å²) >= 11 is 5.62. The van der Waals surface area contributed by atoms with Crippen molar-refractivity contribution in [3.63, 3.8) is 0 Å². The van der Waals surface area contributed by atoms with E-state index in [-0.39, 0.29) is 21.9 Å². The van der Waals surface area contributed by atoms with E-state index in [0.717, 1.165) is 12.5 Å². The molecular formula is C11H14ClFN2O2. The van der Waals surface area contributed by atoms with Gasteiger partial charge in [0.1, 0.15) is 11.5 Å². The number of nitrogens with one attached hydrogen (secondary N) is 1. The first-order valence-electron chi connectivity index (χ1n) is 5.18. The number of nitrogens with zero attached hydrogens (tertiary/aromatic N) is 1. The Kier molecular flexibility index (Phi) is 3.93. The number of benzene rings is 1. The number of halogens is 2. The molecule has 0 atom stereocenters. The molecule has 94 valence electrons. The van der Waals surface area contributed by atoms with Crippen molar-refractivity contribution >= 4 is 23.0 Å². The van der Waals surface area contributed by atoms with Crippen LogP contribution < -0.4 is 5.32 Å². The van der Waals surface area contributed by atoms with Crippen LogP contribution in [0.3, 0.4) is 0 Å². The van der Waals surface area contributed by atoms with Crippen LogP contribution in [0.2, 0.25) is 5.02 Å². The third-order valence-corrected chi connectivity index (χ3v) is 2.88. The van der Waals surface area contributed by atoms with Gasteiger partial charge in [0, 0.05) is 5.54 Å². The molecule has 17 heavy (non-hydrogen) atoms. The van der Waals surface area contributed by atoms with Gasteiger partial charge in [-0.15, -0.1) is 0 Å². The van der Waals surface area contributed by atoms with Crippen LogP contribution in [-0.2, 0) is 0 Å². The van der Waals surface area contributed by atoms with Gasteiger partial charge in [0.2, 0.25) is 0 Å². The first-order chi connectivity index (χ1) is 7.76. The van der Waals surface area contributed by atoms with E-state index in [1.807, 2.05) is 20.8 Å². The summed E-state index contributed by atoms with van der Waals surface area (Å²) in [6, 6.07) is 2.07. The fourth-order valence-electron chi connectivity index (χ4n) is 1.24. The van der Waals surface area contributed by atoms with Crippen LogP contribution in [0.4, 0.5) is 15.8 Å². The standard InChI is InChI=1S/C11H14ClFN2O2/c1-4-11(2,3)14-9-5-7(12)8(13)6-10(9)15(16)17/h5-6,14H,4H2,1-3H3. The quantitative estimate of drug-likeness (QED) is 0.658. The molecule has 0 radical (unpaired) electrons. The van der Waals surface area contributed by atoms with Crippen molar-refractivity contribution in [3.05, 3.63) is 33.1 Å². The maximum Gasteiger partial charge on any atom is 0.295 e. The van der Waals surface area contributed by atoms with E-state index >= 15 is 0 Å². The van der Waals surface area contributed by atoms with Crippen molar-refractivity contribution in [2.75, 3.05) is 5.32 Å². The average molecular weight is 261 g/mol. The van der Waals surface area contributed by atoms with Crippen LogP contribution in [-0.4, -0.2) is 10.5 Å². The van der Waals surface area contributed by atoms with Gasteiger partial charge in [0.05, 0.1) is 16.0 Å². The molecule has 0 aliphatic rings. The van der Waals surface area contributed by atoms with Gasteiger partial charge in [-0.2, -0.15) is 0 Å². The summed E-state index contributed by atoms with van der Waals surface area (Å²) in [5, 5.41) is 13.7. The summed E-state index contributed by atoms with van der Waals surface area (Å²) in [6.07, 6.45) is 0.763. The number of hydrogen-bond donors (Lipinski definition) is 1. The highest BCUT2D eigenvalue weighted by Crippen LogP contribution is 2.32. The van der Waals surface area contributed by atoms with Crippen LogP contribution in [0.5, 0.6) is 0 Å². The third kappa shape index (κ3) is 3.30. The topological polar surface area (TPSA) is 55.2 Å². The highest BCUT2D eigenvalue weighted by molar-refractivity contribution is 6.31. The minimum absolute atomic E-state index is 0.134. The fourth-order valence-corrected chi connectivity index (χ4v) is 1.40. The molecule has 6 heteroatoms. The van der Waals surface area contributed by atoms with Crippen molar-refractivity contribution in [1.29, 1.82) is 0 Å². The van der Waals surface area contributed by atoms with Gasteiger partial charge in [-0.3, -0.25) is 10.1 Å². The molecule has 1 N–H and O–H groups in total. The zero-order valence-electron chi connectivity index (χ0n) is 9.88. The van der Waals surface area contributed by atoms with E-state index in [1.165, 1.54) is 6.07 Å².